The predicted octanol–water partition coefficient (Wildman–Crippen LogP) is 6.52. The molecule has 0 spiro atoms. The Balaban J connectivity index is 1.14. The fraction of sp³-hybridized carbons (Fsp3) is 0.212. The number of methoxy groups -OCH3 is 1. The van der Waals surface area contributed by atoms with Crippen LogP contribution in [0.2, 0.25) is 0 Å². The second kappa shape index (κ2) is 13.1. The van der Waals surface area contributed by atoms with E-state index in [0.29, 0.717) is 58.2 Å². The van der Waals surface area contributed by atoms with E-state index in [1.165, 1.54) is 53.9 Å². The smallest absolute Gasteiger partial charge is 0.240 e. The van der Waals surface area contributed by atoms with E-state index < -0.39 is 28.9 Å². The van der Waals surface area contributed by atoms with Crippen LogP contribution in [0.15, 0.2) is 79.1 Å². The number of pyridine rings is 2. The molecule has 45 heavy (non-hydrogen) atoms. The number of carbonyl (C=O) groups excluding carboxylic acids is 2. The van der Waals surface area contributed by atoms with Crippen LogP contribution < -0.4 is 20.7 Å². The van der Waals surface area contributed by atoms with Crippen molar-refractivity contribution in [3.05, 3.63) is 96.3 Å². The molecule has 9 nitrogen and oxygen atoms in total. The number of hydrogen-bond donors (Lipinski definition) is 3. The fourth-order valence-corrected chi connectivity index (χ4v) is 5.60. The van der Waals surface area contributed by atoms with Gasteiger partial charge >= 0.3 is 0 Å². The minimum Gasteiger partial charge on any atom is -0.453 e. The fourth-order valence-electron chi connectivity index (χ4n) is 4.62. The van der Waals surface area contributed by atoms with Crippen LogP contribution in [0.5, 0.6) is 11.5 Å². The number of halogens is 2. The van der Waals surface area contributed by atoms with Gasteiger partial charge in [0.25, 0.3) is 0 Å². The van der Waals surface area contributed by atoms with Gasteiger partial charge < -0.3 is 25.4 Å². The van der Waals surface area contributed by atoms with Gasteiger partial charge in [-0.05, 0) is 66.9 Å². The second-order valence-electron chi connectivity index (χ2n) is 10.5. The molecule has 3 aromatic heterocycles. The van der Waals surface area contributed by atoms with E-state index in [2.05, 4.69) is 25.9 Å². The van der Waals surface area contributed by atoms with Crippen molar-refractivity contribution >= 4 is 44.7 Å². The lowest BCUT2D eigenvalue weighted by Crippen LogP contribution is -2.35. The summed E-state index contributed by atoms with van der Waals surface area (Å²) in [4.78, 5) is 35.4. The third kappa shape index (κ3) is 6.83. The lowest BCUT2D eigenvalue weighted by atomic mass is 10.0. The van der Waals surface area contributed by atoms with Gasteiger partial charge in [0, 0.05) is 56.1 Å². The zero-order valence-corrected chi connectivity index (χ0v) is 25.0. The summed E-state index contributed by atoms with van der Waals surface area (Å²) in [6, 6.07) is 14.8. The summed E-state index contributed by atoms with van der Waals surface area (Å²) in [5.74, 6) is -2.02. The lowest BCUT2D eigenvalue weighted by molar-refractivity contribution is -0.131. The van der Waals surface area contributed by atoms with Crippen LogP contribution in [0.4, 0.5) is 20.2 Å². The molecular formula is C33H29F2N5O4S. The van der Waals surface area contributed by atoms with Gasteiger partial charge in [0.15, 0.2) is 11.6 Å². The Morgan fingerprint density at radius 2 is 1.73 bits per heavy atom. The van der Waals surface area contributed by atoms with Crippen molar-refractivity contribution in [2.24, 2.45) is 5.41 Å². The standard InChI is InChI=1S/C33H29F2N5O4S/c1-43-15-14-36-18-20-2-8-25(38-19-20)29-17-26-30(45-29)28(10-13-37-26)44-27-9-7-23(16-24(27)35)40-32(42)33(11-12-33)31(41)39-22-5-3-21(34)4-6-22/h2-10,13,16-17,19,36H,11-12,14-15,18H2,1H3,(H,39,41)(H,40,42)/i17D. The minimum absolute atomic E-state index is 0.0920. The summed E-state index contributed by atoms with van der Waals surface area (Å²) in [6.45, 7) is 1.97. The van der Waals surface area contributed by atoms with Crippen molar-refractivity contribution in [1.82, 2.24) is 15.3 Å². The van der Waals surface area contributed by atoms with E-state index in [0.717, 1.165) is 18.2 Å². The molecule has 0 radical (unpaired) electrons. The summed E-state index contributed by atoms with van der Waals surface area (Å²) >= 11 is 1.28. The van der Waals surface area contributed by atoms with Crippen LogP contribution in [0.1, 0.15) is 19.8 Å². The lowest BCUT2D eigenvalue weighted by Gasteiger charge is -2.16. The molecule has 230 valence electrons. The number of carbonyl (C=O) groups is 2. The molecule has 0 bridgehead atoms. The van der Waals surface area contributed by atoms with Gasteiger partial charge in [-0.1, -0.05) is 6.07 Å². The van der Waals surface area contributed by atoms with Gasteiger partial charge in [-0.2, -0.15) is 0 Å². The highest BCUT2D eigenvalue weighted by Crippen LogP contribution is 2.48. The zero-order valence-electron chi connectivity index (χ0n) is 25.2. The van der Waals surface area contributed by atoms with E-state index in [4.69, 9.17) is 10.8 Å². The number of aromatic nitrogens is 2. The van der Waals surface area contributed by atoms with Crippen molar-refractivity contribution in [2.45, 2.75) is 19.4 Å². The number of thiophene rings is 1. The number of rotatable bonds is 12. The Labute approximate surface area is 263 Å². The largest absolute Gasteiger partial charge is 0.453 e. The first-order valence-electron chi connectivity index (χ1n) is 14.7. The Hall–Kier alpha value is -4.78. The summed E-state index contributed by atoms with van der Waals surface area (Å²) in [6.07, 6.45) is 3.91. The third-order valence-electron chi connectivity index (χ3n) is 7.30. The van der Waals surface area contributed by atoms with Gasteiger partial charge in [-0.25, -0.2) is 8.78 Å². The van der Waals surface area contributed by atoms with Gasteiger partial charge in [0.2, 0.25) is 11.8 Å². The van der Waals surface area contributed by atoms with E-state index in [-0.39, 0.29) is 17.5 Å². The average Bonchev–Trinajstić information content (AvgIpc) is 3.81. The molecule has 0 aliphatic heterocycles. The molecule has 0 atom stereocenters. The van der Waals surface area contributed by atoms with E-state index in [9.17, 15) is 14.0 Å². The molecule has 12 heteroatoms. The van der Waals surface area contributed by atoms with Crippen LogP contribution >= 0.6 is 11.3 Å². The molecule has 3 heterocycles. The molecule has 1 aliphatic carbocycles. The van der Waals surface area contributed by atoms with Crippen LogP contribution in [0.25, 0.3) is 20.8 Å². The quantitative estimate of drug-likeness (QED) is 0.106. The summed E-state index contributed by atoms with van der Waals surface area (Å²) in [5, 5.41) is 8.53. The van der Waals surface area contributed by atoms with Crippen molar-refractivity contribution in [2.75, 3.05) is 30.9 Å². The molecule has 3 N–H and O–H groups in total. The number of amides is 2. The first-order chi connectivity index (χ1) is 22.3. The monoisotopic (exact) mass is 630 g/mol. The summed E-state index contributed by atoms with van der Waals surface area (Å²) < 4.78 is 48.7. The number of ether oxygens (including phenoxy) is 2. The Kier molecular flexibility index (Phi) is 8.41. The molecule has 2 amide bonds. The highest BCUT2D eigenvalue weighted by molar-refractivity contribution is 7.22. The average molecular weight is 631 g/mol. The highest BCUT2D eigenvalue weighted by atomic mass is 32.1. The number of anilines is 2. The molecule has 5 aromatic rings. The molecule has 1 saturated carbocycles. The van der Waals surface area contributed by atoms with Gasteiger partial charge in [-0.3, -0.25) is 19.6 Å². The molecule has 1 aliphatic rings. The van der Waals surface area contributed by atoms with Crippen molar-refractivity contribution in [3.8, 4) is 22.1 Å². The third-order valence-corrected chi connectivity index (χ3v) is 8.42. The summed E-state index contributed by atoms with van der Waals surface area (Å²) in [7, 11) is 1.65. The van der Waals surface area contributed by atoms with Crippen LogP contribution in [0.3, 0.4) is 0 Å². The Morgan fingerprint density at radius 3 is 2.42 bits per heavy atom. The van der Waals surface area contributed by atoms with Gasteiger partial charge in [0.05, 0.1) is 28.8 Å². The molecular weight excluding hydrogens is 600 g/mol. The van der Waals surface area contributed by atoms with Gasteiger partial charge in [-0.15, -0.1) is 11.3 Å². The van der Waals surface area contributed by atoms with E-state index in [1.54, 1.807) is 19.4 Å². The maximum Gasteiger partial charge on any atom is 0.240 e. The predicted molar refractivity (Wildman–Crippen MR) is 168 cm³/mol. The molecule has 6 rings (SSSR count). The maximum absolute atomic E-state index is 15.2. The number of nitrogens with one attached hydrogen (secondary N) is 3. The van der Waals surface area contributed by atoms with Crippen molar-refractivity contribution < 1.29 is 29.2 Å². The summed E-state index contributed by atoms with van der Waals surface area (Å²) in [5.41, 5.74) is 1.25. The highest BCUT2D eigenvalue weighted by Gasteiger charge is 2.56. The van der Waals surface area contributed by atoms with Crippen LogP contribution in [-0.2, 0) is 20.9 Å². The first-order valence-corrected chi connectivity index (χ1v) is 15.0. The number of nitrogens with zero attached hydrogens (tertiary/aromatic N) is 2. The molecule has 0 unspecified atom stereocenters. The molecule has 2 aromatic carbocycles. The normalized spacial score (nSPS) is 13.7. The second-order valence-corrected chi connectivity index (χ2v) is 11.5. The number of hydrogen-bond acceptors (Lipinski definition) is 8. The minimum atomic E-state index is -1.29. The molecule has 1 fully saturated rings. The van der Waals surface area contributed by atoms with Crippen molar-refractivity contribution in [3.63, 3.8) is 0 Å². The SMILES string of the molecule is [2H]c1c(-c2ccc(CNCCOC)cn2)sc2c(Oc3ccc(NC(=O)C4(C(=O)Nc5ccc(F)cc5)CC4)cc3F)ccnc12. The first kappa shape index (κ1) is 29.0. The number of benzene rings is 2. The maximum atomic E-state index is 15.2. The Bertz CT molecular complexity index is 1900. The van der Waals surface area contributed by atoms with Crippen LogP contribution in [-0.4, -0.2) is 42.0 Å². The van der Waals surface area contributed by atoms with Gasteiger partial charge in [0.1, 0.15) is 17.0 Å². The Morgan fingerprint density at radius 1 is 0.978 bits per heavy atom. The number of fused-ring (bicyclic) bond motifs is 1. The van der Waals surface area contributed by atoms with Crippen LogP contribution in [0, 0.1) is 17.0 Å². The molecule has 0 saturated heterocycles. The van der Waals surface area contributed by atoms with Crippen molar-refractivity contribution in [1.29, 1.82) is 0 Å². The van der Waals surface area contributed by atoms with E-state index >= 15 is 4.39 Å². The topological polar surface area (TPSA) is 114 Å². The zero-order chi connectivity index (χ0) is 32.3. The van der Waals surface area contributed by atoms with E-state index in [1.807, 2.05) is 12.1 Å².